The van der Waals surface area contributed by atoms with Crippen LogP contribution in [0.25, 0.3) is 0 Å². The van der Waals surface area contributed by atoms with E-state index in [9.17, 15) is 9.59 Å². The molecule has 0 spiro atoms. The molecule has 1 aliphatic rings. The second kappa shape index (κ2) is 6.28. The van der Waals surface area contributed by atoms with E-state index in [2.05, 4.69) is 31.8 Å². The van der Waals surface area contributed by atoms with Crippen molar-refractivity contribution >= 4 is 24.4 Å². The summed E-state index contributed by atoms with van der Waals surface area (Å²) in [5.41, 5.74) is 0. The van der Waals surface area contributed by atoms with E-state index in [0.717, 1.165) is 12.8 Å². The van der Waals surface area contributed by atoms with Crippen LogP contribution in [0, 0.1) is 5.92 Å². The number of likely N-dealkylation sites (tertiary alicyclic amines) is 1. The molecule has 1 N–H and O–H groups in total. The Balaban J connectivity index is 2.41. The molecule has 0 saturated carbocycles. The second-order valence-corrected chi connectivity index (χ2v) is 5.30. The Morgan fingerprint density at radius 3 is 2.59 bits per heavy atom. The van der Waals surface area contributed by atoms with E-state index in [1.807, 2.05) is 4.90 Å². The van der Waals surface area contributed by atoms with E-state index in [1.165, 1.54) is 6.92 Å². The van der Waals surface area contributed by atoms with Crippen LogP contribution in [0.5, 0.6) is 0 Å². The minimum absolute atomic E-state index is 0.00899. The molecule has 1 aliphatic heterocycles. The number of amides is 2. The van der Waals surface area contributed by atoms with Gasteiger partial charge in [-0.15, -0.1) is 0 Å². The summed E-state index contributed by atoms with van der Waals surface area (Å²) in [5, 5.41) is 2.73. The van der Waals surface area contributed by atoms with Crippen molar-refractivity contribution in [3.63, 3.8) is 0 Å². The molecule has 0 radical (unpaired) electrons. The van der Waals surface area contributed by atoms with E-state index in [1.54, 1.807) is 0 Å². The van der Waals surface area contributed by atoms with Gasteiger partial charge in [-0.2, -0.15) is 12.6 Å². The highest BCUT2D eigenvalue weighted by atomic mass is 32.1. The van der Waals surface area contributed by atoms with Crippen molar-refractivity contribution in [1.82, 2.24) is 10.2 Å². The van der Waals surface area contributed by atoms with Crippen molar-refractivity contribution in [2.45, 2.75) is 44.9 Å². The number of rotatable bonds is 6. The highest BCUT2D eigenvalue weighted by Crippen LogP contribution is 2.31. The van der Waals surface area contributed by atoms with Crippen LogP contribution in [0.4, 0.5) is 0 Å². The number of carbonyl (C=O) groups is 2. The van der Waals surface area contributed by atoms with Crippen molar-refractivity contribution in [2.24, 2.45) is 5.92 Å². The van der Waals surface area contributed by atoms with Crippen LogP contribution in [0.3, 0.4) is 0 Å². The molecule has 4 nitrogen and oxygen atoms in total. The average molecular weight is 258 g/mol. The first-order chi connectivity index (χ1) is 8.01. The molecule has 0 aliphatic carbocycles. The van der Waals surface area contributed by atoms with Gasteiger partial charge >= 0.3 is 0 Å². The third-order valence-corrected chi connectivity index (χ3v) is 3.66. The molecular weight excluding hydrogens is 236 g/mol. The van der Waals surface area contributed by atoms with Crippen LogP contribution in [-0.2, 0) is 9.59 Å². The predicted octanol–water partition coefficient (Wildman–Crippen LogP) is 1.07. The molecule has 98 valence electrons. The Morgan fingerprint density at radius 1 is 1.47 bits per heavy atom. The topological polar surface area (TPSA) is 49.4 Å². The van der Waals surface area contributed by atoms with Gasteiger partial charge in [0.1, 0.15) is 0 Å². The molecule has 0 aromatic heterocycles. The van der Waals surface area contributed by atoms with Crippen molar-refractivity contribution in [3.8, 4) is 0 Å². The standard InChI is InChI=1S/C12H22N2O2S/c1-4-10-11(5-2)14(12(10)16)7-9(17)6-13-8(3)15/h9-11,17H,4-7H2,1-3H3,(H,13,15)/t9?,10?,11-/m1/s1. The lowest BCUT2D eigenvalue weighted by molar-refractivity contribution is -0.156. The van der Waals surface area contributed by atoms with Crippen LogP contribution in [0.2, 0.25) is 0 Å². The van der Waals surface area contributed by atoms with Crippen molar-refractivity contribution in [1.29, 1.82) is 0 Å². The number of hydrogen-bond acceptors (Lipinski definition) is 3. The fraction of sp³-hybridized carbons (Fsp3) is 0.833. The monoisotopic (exact) mass is 258 g/mol. The molecule has 1 heterocycles. The number of nitrogens with zero attached hydrogens (tertiary/aromatic N) is 1. The van der Waals surface area contributed by atoms with E-state index in [-0.39, 0.29) is 23.0 Å². The van der Waals surface area contributed by atoms with Gasteiger partial charge in [-0.05, 0) is 12.8 Å². The molecule has 1 rings (SSSR count). The number of nitrogens with one attached hydrogen (secondary N) is 1. The van der Waals surface area contributed by atoms with E-state index >= 15 is 0 Å². The number of β-lactam (4-membered cyclic amide) rings is 1. The predicted molar refractivity (Wildman–Crippen MR) is 71.0 cm³/mol. The quantitative estimate of drug-likeness (QED) is 0.553. The van der Waals surface area contributed by atoms with Crippen LogP contribution in [0.15, 0.2) is 0 Å². The Kier molecular flexibility index (Phi) is 5.31. The third kappa shape index (κ3) is 3.37. The lowest BCUT2D eigenvalue weighted by atomic mass is 9.83. The summed E-state index contributed by atoms with van der Waals surface area (Å²) in [7, 11) is 0. The lowest BCUT2D eigenvalue weighted by Crippen LogP contribution is -2.62. The maximum atomic E-state index is 11.8. The van der Waals surface area contributed by atoms with Gasteiger partial charge in [0.25, 0.3) is 0 Å². The van der Waals surface area contributed by atoms with E-state index < -0.39 is 0 Å². The summed E-state index contributed by atoms with van der Waals surface area (Å²) >= 11 is 4.40. The zero-order valence-electron chi connectivity index (χ0n) is 10.8. The third-order valence-electron chi connectivity index (χ3n) is 3.32. The van der Waals surface area contributed by atoms with Crippen molar-refractivity contribution < 1.29 is 9.59 Å². The Labute approximate surface area is 109 Å². The summed E-state index contributed by atoms with van der Waals surface area (Å²) in [6.45, 7) is 6.77. The van der Waals surface area contributed by atoms with E-state index in [4.69, 9.17) is 0 Å². The van der Waals surface area contributed by atoms with Gasteiger partial charge in [0.05, 0.1) is 5.92 Å². The van der Waals surface area contributed by atoms with Crippen LogP contribution < -0.4 is 5.32 Å². The smallest absolute Gasteiger partial charge is 0.228 e. The average Bonchev–Trinajstić information content (AvgIpc) is 2.29. The Hall–Kier alpha value is -0.710. The summed E-state index contributed by atoms with van der Waals surface area (Å²) in [6, 6.07) is 0.361. The summed E-state index contributed by atoms with van der Waals surface area (Å²) < 4.78 is 0. The van der Waals surface area contributed by atoms with Gasteiger partial charge in [-0.1, -0.05) is 13.8 Å². The molecule has 1 saturated heterocycles. The molecule has 1 fully saturated rings. The normalized spacial score (nSPS) is 25.4. The highest BCUT2D eigenvalue weighted by Gasteiger charge is 2.44. The van der Waals surface area contributed by atoms with E-state index in [0.29, 0.717) is 19.1 Å². The van der Waals surface area contributed by atoms with Gasteiger partial charge in [-0.25, -0.2) is 0 Å². The first-order valence-corrected chi connectivity index (χ1v) is 6.75. The summed E-state index contributed by atoms with van der Waals surface area (Å²) in [5.74, 6) is 0.375. The second-order valence-electron chi connectivity index (χ2n) is 4.57. The molecule has 3 atom stereocenters. The molecule has 2 amide bonds. The first kappa shape index (κ1) is 14.4. The number of thiol groups is 1. The first-order valence-electron chi connectivity index (χ1n) is 6.24. The van der Waals surface area contributed by atoms with Crippen LogP contribution in [0.1, 0.15) is 33.6 Å². The highest BCUT2D eigenvalue weighted by molar-refractivity contribution is 7.81. The zero-order valence-corrected chi connectivity index (χ0v) is 11.7. The van der Waals surface area contributed by atoms with Gasteiger partial charge in [-0.3, -0.25) is 9.59 Å². The molecule has 17 heavy (non-hydrogen) atoms. The van der Waals surface area contributed by atoms with Gasteiger partial charge in [0.15, 0.2) is 0 Å². The SMILES string of the molecule is CCC1C(=O)N(CC(S)CNC(C)=O)[C@@H]1CC. The maximum Gasteiger partial charge on any atom is 0.228 e. The molecule has 0 aromatic carbocycles. The minimum atomic E-state index is -0.0579. The molecule has 2 unspecified atom stereocenters. The van der Waals surface area contributed by atoms with Crippen LogP contribution in [-0.4, -0.2) is 41.1 Å². The van der Waals surface area contributed by atoms with Gasteiger partial charge in [0.2, 0.25) is 11.8 Å². The summed E-state index contributed by atoms with van der Waals surface area (Å²) in [6.07, 6.45) is 1.90. The minimum Gasteiger partial charge on any atom is -0.355 e. The lowest BCUT2D eigenvalue weighted by Gasteiger charge is -2.47. The van der Waals surface area contributed by atoms with Crippen LogP contribution >= 0.6 is 12.6 Å². The maximum absolute atomic E-state index is 11.8. The Bertz CT molecular complexity index is 296. The van der Waals surface area contributed by atoms with Crippen molar-refractivity contribution in [2.75, 3.05) is 13.1 Å². The number of carbonyl (C=O) groups excluding carboxylic acids is 2. The molecule has 0 bridgehead atoms. The number of hydrogen-bond donors (Lipinski definition) is 2. The summed E-state index contributed by atoms with van der Waals surface area (Å²) in [4.78, 5) is 24.5. The molecule has 0 aromatic rings. The zero-order chi connectivity index (χ0) is 13.0. The largest absolute Gasteiger partial charge is 0.355 e. The Morgan fingerprint density at radius 2 is 2.12 bits per heavy atom. The molecular formula is C12H22N2O2S. The fourth-order valence-electron chi connectivity index (χ4n) is 2.41. The fourth-order valence-corrected chi connectivity index (χ4v) is 2.67. The van der Waals surface area contributed by atoms with Gasteiger partial charge in [0, 0.05) is 31.3 Å². The van der Waals surface area contributed by atoms with Gasteiger partial charge < -0.3 is 10.2 Å². The molecule has 5 heteroatoms. The van der Waals surface area contributed by atoms with Crippen molar-refractivity contribution in [3.05, 3.63) is 0 Å².